The fourth-order valence-corrected chi connectivity index (χ4v) is 6.74. The van der Waals surface area contributed by atoms with Crippen LogP contribution in [0.2, 0.25) is 10.0 Å². The van der Waals surface area contributed by atoms with Gasteiger partial charge in [-0.25, -0.2) is 4.98 Å². The molecule has 2 fully saturated rings. The molecule has 0 bridgehead atoms. The molecule has 0 aliphatic carbocycles. The SMILES string of the molecule is C=CC(=O)CC1CCOCC1Nc1ncc2cc(-c3c(Cl)c(OC)cc(OC)c3Cl)c(=O)n(CCN3CCN(C(=O)C#CC)CC3)c2n1. The summed E-state index contributed by atoms with van der Waals surface area (Å²) in [5, 5.41) is 4.25. The van der Waals surface area contributed by atoms with Gasteiger partial charge in [-0.1, -0.05) is 35.7 Å². The molecule has 48 heavy (non-hydrogen) atoms. The summed E-state index contributed by atoms with van der Waals surface area (Å²) in [6, 6.07) is 3.02. The van der Waals surface area contributed by atoms with E-state index in [9.17, 15) is 14.4 Å². The predicted molar refractivity (Wildman–Crippen MR) is 185 cm³/mol. The number of piperazine rings is 1. The highest BCUT2D eigenvalue weighted by molar-refractivity contribution is 6.41. The van der Waals surface area contributed by atoms with Crippen molar-refractivity contribution in [2.24, 2.45) is 5.92 Å². The Hall–Kier alpha value is -4.15. The van der Waals surface area contributed by atoms with E-state index in [1.807, 2.05) is 0 Å². The van der Waals surface area contributed by atoms with Gasteiger partial charge < -0.3 is 24.4 Å². The second-order valence-corrected chi connectivity index (χ2v) is 12.3. The summed E-state index contributed by atoms with van der Waals surface area (Å²) in [6.45, 7) is 9.30. The van der Waals surface area contributed by atoms with E-state index in [0.717, 1.165) is 0 Å². The largest absolute Gasteiger partial charge is 0.495 e. The molecular formula is C34H38Cl2N6O6. The van der Waals surface area contributed by atoms with E-state index in [0.29, 0.717) is 87.3 Å². The van der Waals surface area contributed by atoms with Gasteiger partial charge in [0, 0.05) is 75.5 Å². The molecule has 2 unspecified atom stereocenters. The Morgan fingerprint density at radius 3 is 2.48 bits per heavy atom. The van der Waals surface area contributed by atoms with Crippen molar-refractivity contribution in [1.82, 2.24) is 24.3 Å². The summed E-state index contributed by atoms with van der Waals surface area (Å²) in [5.41, 5.74) is 0.548. The van der Waals surface area contributed by atoms with Crippen LogP contribution < -0.4 is 20.3 Å². The van der Waals surface area contributed by atoms with Crippen LogP contribution in [-0.2, 0) is 20.9 Å². The van der Waals surface area contributed by atoms with Gasteiger partial charge in [-0.15, -0.1) is 0 Å². The number of nitrogens with zero attached hydrogens (tertiary/aromatic N) is 5. The van der Waals surface area contributed by atoms with Gasteiger partial charge >= 0.3 is 0 Å². The molecule has 5 rings (SSSR count). The molecule has 0 saturated carbocycles. The van der Waals surface area contributed by atoms with Crippen molar-refractivity contribution in [3.63, 3.8) is 0 Å². The van der Waals surface area contributed by atoms with Crippen molar-refractivity contribution < 1.29 is 23.8 Å². The van der Waals surface area contributed by atoms with E-state index < -0.39 is 0 Å². The summed E-state index contributed by atoms with van der Waals surface area (Å²) in [6.07, 6.45) is 4.01. The van der Waals surface area contributed by atoms with Crippen molar-refractivity contribution >= 4 is 51.9 Å². The van der Waals surface area contributed by atoms with Gasteiger partial charge in [0.1, 0.15) is 17.1 Å². The molecule has 2 atom stereocenters. The maximum absolute atomic E-state index is 14.4. The van der Waals surface area contributed by atoms with Crippen LogP contribution in [0, 0.1) is 17.8 Å². The number of carbonyl (C=O) groups excluding carboxylic acids is 2. The van der Waals surface area contributed by atoms with E-state index in [1.54, 1.807) is 34.7 Å². The number of methoxy groups -OCH3 is 2. The summed E-state index contributed by atoms with van der Waals surface area (Å²) < 4.78 is 18.2. The molecule has 2 aliphatic heterocycles. The number of benzene rings is 1. The Morgan fingerprint density at radius 2 is 1.83 bits per heavy atom. The molecule has 1 aromatic carbocycles. The van der Waals surface area contributed by atoms with Gasteiger partial charge in [0.05, 0.1) is 42.5 Å². The quantitative estimate of drug-likeness (QED) is 0.233. The molecule has 3 aromatic rings. The standard InChI is InChI=1S/C34H38Cl2N6O6/c1-5-7-28(44)41-12-9-40(10-13-41)11-14-42-32-22(17-24(33(42)45)29-30(35)26(46-3)18-27(47-4)31(29)36)19-37-34(39-32)38-25-20-48-15-8-21(25)16-23(43)6-2/h6,17-19,21,25H,2,8-16,20H2,1,3-4H3,(H,37,38,39). The Bertz CT molecular complexity index is 1800. The number of ketones is 1. The molecule has 2 saturated heterocycles. The topological polar surface area (TPSA) is 128 Å². The molecule has 4 heterocycles. The number of allylic oxidation sites excluding steroid dienone is 1. The van der Waals surface area contributed by atoms with E-state index in [2.05, 4.69) is 33.6 Å². The van der Waals surface area contributed by atoms with Gasteiger partial charge in [0.25, 0.3) is 11.5 Å². The minimum atomic E-state index is -0.367. The summed E-state index contributed by atoms with van der Waals surface area (Å²) in [7, 11) is 2.94. The number of carbonyl (C=O) groups is 2. The lowest BCUT2D eigenvalue weighted by atomic mass is 9.90. The van der Waals surface area contributed by atoms with Crippen molar-refractivity contribution in [3.05, 3.63) is 51.4 Å². The van der Waals surface area contributed by atoms with E-state index in [4.69, 9.17) is 42.4 Å². The number of rotatable bonds is 11. The van der Waals surface area contributed by atoms with Gasteiger partial charge in [0.2, 0.25) is 5.95 Å². The third-order valence-electron chi connectivity index (χ3n) is 8.71. The van der Waals surface area contributed by atoms with Gasteiger partial charge in [-0.05, 0) is 37.3 Å². The Balaban J connectivity index is 1.54. The highest BCUT2D eigenvalue weighted by Crippen LogP contribution is 2.45. The fourth-order valence-electron chi connectivity index (χ4n) is 6.03. The maximum atomic E-state index is 14.4. The number of nitrogens with one attached hydrogen (secondary N) is 1. The van der Waals surface area contributed by atoms with Gasteiger partial charge in [0.15, 0.2) is 5.78 Å². The average molecular weight is 698 g/mol. The number of hydrogen-bond acceptors (Lipinski definition) is 10. The van der Waals surface area contributed by atoms with Crippen molar-refractivity contribution in [3.8, 4) is 34.5 Å². The lowest BCUT2D eigenvalue weighted by Crippen LogP contribution is -2.49. The predicted octanol–water partition coefficient (Wildman–Crippen LogP) is 3.91. The van der Waals surface area contributed by atoms with Crippen LogP contribution in [0.3, 0.4) is 0 Å². The second kappa shape index (κ2) is 15.8. The fraction of sp³-hybridized carbons (Fsp3) is 0.441. The van der Waals surface area contributed by atoms with Crippen LogP contribution in [0.5, 0.6) is 11.5 Å². The third-order valence-corrected chi connectivity index (χ3v) is 9.46. The van der Waals surface area contributed by atoms with Crippen molar-refractivity contribution in [2.75, 3.05) is 65.5 Å². The molecule has 14 heteroatoms. The summed E-state index contributed by atoms with van der Waals surface area (Å²) in [5.74, 6) is 5.94. The number of hydrogen-bond donors (Lipinski definition) is 1. The molecule has 1 N–H and O–H groups in total. The number of ether oxygens (including phenoxy) is 3. The smallest absolute Gasteiger partial charge is 0.298 e. The number of aromatic nitrogens is 3. The second-order valence-electron chi connectivity index (χ2n) is 11.5. The molecule has 12 nitrogen and oxygen atoms in total. The number of fused-ring (bicyclic) bond motifs is 1. The minimum Gasteiger partial charge on any atom is -0.495 e. The van der Waals surface area contributed by atoms with Gasteiger partial charge in [-0.3, -0.25) is 23.9 Å². The maximum Gasteiger partial charge on any atom is 0.298 e. The molecule has 2 aliphatic rings. The molecule has 1 amide bonds. The average Bonchev–Trinajstić information content (AvgIpc) is 3.09. The van der Waals surface area contributed by atoms with Crippen LogP contribution in [0.4, 0.5) is 5.95 Å². The summed E-state index contributed by atoms with van der Waals surface area (Å²) >= 11 is 13.5. The third kappa shape index (κ3) is 7.60. The van der Waals surface area contributed by atoms with Gasteiger partial charge in [-0.2, -0.15) is 4.98 Å². The Morgan fingerprint density at radius 1 is 1.12 bits per heavy atom. The molecule has 254 valence electrons. The Kier molecular flexibility index (Phi) is 11.6. The number of pyridine rings is 1. The highest BCUT2D eigenvalue weighted by Gasteiger charge is 2.29. The molecule has 0 radical (unpaired) electrons. The van der Waals surface area contributed by atoms with Crippen molar-refractivity contribution in [2.45, 2.75) is 32.4 Å². The van der Waals surface area contributed by atoms with Crippen LogP contribution in [0.15, 0.2) is 35.8 Å². The highest BCUT2D eigenvalue weighted by atomic mass is 35.5. The van der Waals surface area contributed by atoms with E-state index in [1.165, 1.54) is 20.3 Å². The lowest BCUT2D eigenvalue weighted by Gasteiger charge is -2.33. The van der Waals surface area contributed by atoms with Crippen LogP contribution >= 0.6 is 23.2 Å². The zero-order valence-corrected chi connectivity index (χ0v) is 28.7. The van der Waals surface area contributed by atoms with Crippen LogP contribution in [0.1, 0.15) is 19.8 Å². The molecular weight excluding hydrogens is 659 g/mol. The van der Waals surface area contributed by atoms with E-state index in [-0.39, 0.29) is 56.9 Å². The van der Waals surface area contributed by atoms with E-state index >= 15 is 0 Å². The first-order valence-corrected chi connectivity index (χ1v) is 16.4. The lowest BCUT2D eigenvalue weighted by molar-refractivity contribution is -0.126. The zero-order valence-electron chi connectivity index (χ0n) is 27.2. The summed E-state index contributed by atoms with van der Waals surface area (Å²) in [4.78, 5) is 52.1. The first-order valence-electron chi connectivity index (χ1n) is 15.6. The Labute approximate surface area is 289 Å². The first-order chi connectivity index (χ1) is 23.2. The van der Waals surface area contributed by atoms with Crippen molar-refractivity contribution in [1.29, 1.82) is 0 Å². The number of amides is 1. The normalized spacial score (nSPS) is 18.1. The van der Waals surface area contributed by atoms with Crippen LogP contribution in [-0.4, -0.2) is 102 Å². The number of halogens is 2. The monoisotopic (exact) mass is 696 g/mol. The minimum absolute atomic E-state index is 0.00861. The zero-order chi connectivity index (χ0) is 34.4. The van der Waals surface area contributed by atoms with Crippen LogP contribution in [0.25, 0.3) is 22.2 Å². The first kappa shape index (κ1) is 35.2. The molecule has 0 spiro atoms. The number of anilines is 1. The molecule has 2 aromatic heterocycles.